The molecule has 3 N–H and O–H groups in total. The van der Waals surface area contributed by atoms with E-state index in [1.165, 1.54) is 12.1 Å². The van der Waals surface area contributed by atoms with Gasteiger partial charge < -0.3 is 5.73 Å². The molecule has 0 aliphatic carbocycles. The van der Waals surface area contributed by atoms with Crippen molar-refractivity contribution in [1.29, 1.82) is 0 Å². The third-order valence-electron chi connectivity index (χ3n) is 3.50. The largest absolute Gasteiger partial charge is 0.329 e. The number of nitrogens with zero attached hydrogens (tertiary/aromatic N) is 1. The molecular formula is C12H18BrN3O4S. The molecule has 0 amide bonds. The first kappa shape index (κ1) is 18.0. The van der Waals surface area contributed by atoms with E-state index < -0.39 is 26.2 Å². The minimum absolute atomic E-state index is 0.112. The van der Waals surface area contributed by atoms with E-state index in [0.29, 0.717) is 17.3 Å². The van der Waals surface area contributed by atoms with Gasteiger partial charge >= 0.3 is 0 Å². The lowest BCUT2D eigenvalue weighted by atomic mass is 9.95. The van der Waals surface area contributed by atoms with Crippen LogP contribution in [0.3, 0.4) is 0 Å². The molecule has 0 unspecified atom stereocenters. The van der Waals surface area contributed by atoms with Crippen LogP contribution in [-0.4, -0.2) is 25.4 Å². The molecule has 0 radical (unpaired) electrons. The molecular weight excluding hydrogens is 362 g/mol. The van der Waals surface area contributed by atoms with Gasteiger partial charge in [-0.25, -0.2) is 13.1 Å². The van der Waals surface area contributed by atoms with Crippen molar-refractivity contribution in [3.05, 3.63) is 32.8 Å². The number of hydrogen-bond donors (Lipinski definition) is 2. The molecule has 0 spiro atoms. The highest BCUT2D eigenvalue weighted by molar-refractivity contribution is 9.10. The normalized spacial score (nSPS) is 12.4. The maximum Gasteiger partial charge on any atom is 0.289 e. The van der Waals surface area contributed by atoms with E-state index in [1.807, 2.05) is 13.8 Å². The number of nitro benzene ring substituents is 1. The van der Waals surface area contributed by atoms with Gasteiger partial charge in [-0.3, -0.25) is 10.1 Å². The Hall–Kier alpha value is -1.03. The van der Waals surface area contributed by atoms with E-state index in [4.69, 9.17) is 5.73 Å². The fraction of sp³-hybridized carbons (Fsp3) is 0.500. The lowest BCUT2D eigenvalue weighted by Gasteiger charge is -2.30. The van der Waals surface area contributed by atoms with E-state index >= 15 is 0 Å². The Bertz CT molecular complexity index is 621. The Balaban J connectivity index is 3.38. The van der Waals surface area contributed by atoms with Gasteiger partial charge in [0.25, 0.3) is 5.69 Å². The highest BCUT2D eigenvalue weighted by atomic mass is 79.9. The average Bonchev–Trinajstić information content (AvgIpc) is 2.44. The van der Waals surface area contributed by atoms with Crippen LogP contribution in [0, 0.1) is 10.1 Å². The first-order valence-corrected chi connectivity index (χ1v) is 8.67. The van der Waals surface area contributed by atoms with Gasteiger partial charge in [-0.15, -0.1) is 0 Å². The van der Waals surface area contributed by atoms with Crippen LogP contribution in [0.25, 0.3) is 0 Å². The second-order valence-corrected chi connectivity index (χ2v) is 7.23. The second-order valence-electron chi connectivity index (χ2n) is 4.67. The van der Waals surface area contributed by atoms with Crippen molar-refractivity contribution in [3.63, 3.8) is 0 Å². The molecule has 1 aromatic carbocycles. The number of rotatable bonds is 7. The Labute approximate surface area is 132 Å². The molecule has 0 aliphatic heterocycles. The van der Waals surface area contributed by atoms with E-state index in [1.54, 1.807) is 0 Å². The number of hydrogen-bond acceptors (Lipinski definition) is 5. The number of nitrogens with one attached hydrogen (secondary N) is 1. The highest BCUT2D eigenvalue weighted by Gasteiger charge is 2.34. The third kappa shape index (κ3) is 4.00. The molecule has 1 aromatic rings. The zero-order chi connectivity index (χ0) is 16.3. The first-order valence-electron chi connectivity index (χ1n) is 6.39. The Morgan fingerprint density at radius 3 is 2.38 bits per heavy atom. The van der Waals surface area contributed by atoms with Crippen molar-refractivity contribution >= 4 is 31.6 Å². The minimum Gasteiger partial charge on any atom is -0.329 e. The standard InChI is InChI=1S/C12H18BrN3O4S/c1-3-12(4-2,8-14)15-21(19,20)11-7-9(13)5-6-10(11)16(17)18/h5-7,15H,3-4,8,14H2,1-2H3. The van der Waals surface area contributed by atoms with E-state index in [9.17, 15) is 18.5 Å². The molecule has 0 aromatic heterocycles. The monoisotopic (exact) mass is 379 g/mol. The summed E-state index contributed by atoms with van der Waals surface area (Å²) in [5, 5.41) is 11.0. The van der Waals surface area contributed by atoms with Gasteiger partial charge in [0.1, 0.15) is 0 Å². The van der Waals surface area contributed by atoms with Gasteiger partial charge in [0.05, 0.1) is 4.92 Å². The van der Waals surface area contributed by atoms with Crippen LogP contribution in [0.2, 0.25) is 0 Å². The summed E-state index contributed by atoms with van der Waals surface area (Å²) in [6.45, 7) is 3.74. The minimum atomic E-state index is -4.05. The fourth-order valence-corrected chi connectivity index (χ4v) is 4.18. The quantitative estimate of drug-likeness (QED) is 0.556. The zero-order valence-electron chi connectivity index (χ0n) is 11.8. The van der Waals surface area contributed by atoms with Crippen molar-refractivity contribution in [1.82, 2.24) is 4.72 Å². The maximum absolute atomic E-state index is 12.5. The topological polar surface area (TPSA) is 115 Å². The summed E-state index contributed by atoms with van der Waals surface area (Å²) in [5.41, 5.74) is 4.39. The van der Waals surface area contributed by atoms with Gasteiger partial charge in [0, 0.05) is 22.6 Å². The van der Waals surface area contributed by atoms with Gasteiger partial charge in [0.15, 0.2) is 4.90 Å². The summed E-state index contributed by atoms with van der Waals surface area (Å²) in [4.78, 5) is 9.93. The zero-order valence-corrected chi connectivity index (χ0v) is 14.2. The molecule has 21 heavy (non-hydrogen) atoms. The van der Waals surface area contributed by atoms with Gasteiger partial charge in [0.2, 0.25) is 10.0 Å². The molecule has 0 fully saturated rings. The van der Waals surface area contributed by atoms with Gasteiger partial charge in [-0.1, -0.05) is 29.8 Å². The molecule has 0 heterocycles. The summed E-state index contributed by atoms with van der Waals surface area (Å²) in [7, 11) is -4.05. The molecule has 9 heteroatoms. The summed E-state index contributed by atoms with van der Waals surface area (Å²) in [6.07, 6.45) is 0.974. The number of nitro groups is 1. The summed E-state index contributed by atoms with van der Waals surface area (Å²) >= 11 is 3.13. The van der Waals surface area contributed by atoms with Crippen LogP contribution >= 0.6 is 15.9 Å². The molecule has 1 rings (SSSR count). The predicted molar refractivity (Wildman–Crippen MR) is 83.5 cm³/mol. The predicted octanol–water partition coefficient (Wildman–Crippen LogP) is 2.15. The van der Waals surface area contributed by atoms with Gasteiger partial charge in [-0.05, 0) is 25.0 Å². The van der Waals surface area contributed by atoms with Crippen LogP contribution in [0.4, 0.5) is 5.69 Å². The van der Waals surface area contributed by atoms with E-state index in [2.05, 4.69) is 20.7 Å². The van der Waals surface area contributed by atoms with Crippen LogP contribution < -0.4 is 10.5 Å². The van der Waals surface area contributed by atoms with Crippen molar-refractivity contribution < 1.29 is 13.3 Å². The second kappa shape index (κ2) is 6.82. The smallest absolute Gasteiger partial charge is 0.289 e. The molecule has 0 saturated heterocycles. The molecule has 118 valence electrons. The molecule has 0 aliphatic rings. The molecule has 0 saturated carbocycles. The SMILES string of the molecule is CCC(CC)(CN)NS(=O)(=O)c1cc(Br)ccc1[N+](=O)[O-]. The number of sulfonamides is 1. The molecule has 7 nitrogen and oxygen atoms in total. The summed E-state index contributed by atoms with van der Waals surface area (Å²) in [5.74, 6) is 0. The number of benzene rings is 1. The van der Waals surface area contributed by atoms with Crippen molar-refractivity contribution in [2.24, 2.45) is 5.73 Å². The highest BCUT2D eigenvalue weighted by Crippen LogP contribution is 2.29. The fourth-order valence-electron chi connectivity index (χ4n) is 1.92. The van der Waals surface area contributed by atoms with E-state index in [-0.39, 0.29) is 11.4 Å². The van der Waals surface area contributed by atoms with Crippen molar-refractivity contribution in [2.45, 2.75) is 37.1 Å². The summed E-state index contributed by atoms with van der Waals surface area (Å²) < 4.78 is 28.0. The van der Waals surface area contributed by atoms with Crippen LogP contribution in [0.15, 0.2) is 27.6 Å². The Morgan fingerprint density at radius 2 is 1.95 bits per heavy atom. The van der Waals surface area contributed by atoms with Crippen molar-refractivity contribution in [2.75, 3.05) is 6.54 Å². The van der Waals surface area contributed by atoms with Gasteiger partial charge in [-0.2, -0.15) is 0 Å². The third-order valence-corrected chi connectivity index (χ3v) is 5.60. The summed E-state index contributed by atoms with van der Waals surface area (Å²) in [6, 6.07) is 3.79. The van der Waals surface area contributed by atoms with Crippen LogP contribution in [0.1, 0.15) is 26.7 Å². The lowest BCUT2D eigenvalue weighted by molar-refractivity contribution is -0.387. The average molecular weight is 380 g/mol. The van der Waals surface area contributed by atoms with Crippen LogP contribution in [-0.2, 0) is 10.0 Å². The van der Waals surface area contributed by atoms with Crippen LogP contribution in [0.5, 0.6) is 0 Å². The number of halogens is 1. The first-order chi connectivity index (χ1) is 9.71. The Morgan fingerprint density at radius 1 is 1.38 bits per heavy atom. The maximum atomic E-state index is 12.5. The van der Waals surface area contributed by atoms with Crippen molar-refractivity contribution in [3.8, 4) is 0 Å². The Kier molecular flexibility index (Phi) is 5.85. The lowest BCUT2D eigenvalue weighted by Crippen LogP contribution is -2.52. The van der Waals surface area contributed by atoms with E-state index in [0.717, 1.165) is 6.07 Å². The molecule has 0 atom stereocenters. The molecule has 0 bridgehead atoms. The number of nitrogens with two attached hydrogens (primary N) is 1.